The van der Waals surface area contributed by atoms with Gasteiger partial charge in [0.25, 0.3) is 0 Å². The standard InChI is InChI=1S/C18H26O/c1-11-14-8-17(2,3)9-16(14)13-7-6-12(13)15(11)10-18(4,5)19/h19H,6-10H2,1-5H3. The van der Waals surface area contributed by atoms with Crippen molar-refractivity contribution in [2.45, 2.75) is 72.3 Å². The molecule has 3 rings (SSSR count). The fraction of sp³-hybridized carbons (Fsp3) is 0.667. The van der Waals surface area contributed by atoms with Crippen molar-refractivity contribution in [3.8, 4) is 0 Å². The van der Waals surface area contributed by atoms with Gasteiger partial charge < -0.3 is 5.11 Å². The van der Waals surface area contributed by atoms with Crippen molar-refractivity contribution in [2.75, 3.05) is 0 Å². The molecule has 0 radical (unpaired) electrons. The van der Waals surface area contributed by atoms with Crippen molar-refractivity contribution >= 4 is 0 Å². The maximum absolute atomic E-state index is 10.2. The Labute approximate surface area is 117 Å². The Morgan fingerprint density at radius 3 is 2.11 bits per heavy atom. The average Bonchev–Trinajstić information content (AvgIpc) is 2.47. The largest absolute Gasteiger partial charge is 0.390 e. The molecule has 0 saturated carbocycles. The van der Waals surface area contributed by atoms with Gasteiger partial charge in [-0.1, -0.05) is 13.8 Å². The third-order valence-electron chi connectivity index (χ3n) is 4.91. The normalized spacial score (nSPS) is 19.9. The van der Waals surface area contributed by atoms with Gasteiger partial charge >= 0.3 is 0 Å². The van der Waals surface area contributed by atoms with Crippen LogP contribution < -0.4 is 0 Å². The predicted octanol–water partition coefficient (Wildman–Crippen LogP) is 3.53. The molecule has 1 aromatic rings. The number of rotatable bonds is 2. The van der Waals surface area contributed by atoms with Crippen LogP contribution >= 0.6 is 0 Å². The molecule has 0 aliphatic heterocycles. The summed E-state index contributed by atoms with van der Waals surface area (Å²) in [6.45, 7) is 10.9. The van der Waals surface area contributed by atoms with Crippen molar-refractivity contribution < 1.29 is 5.11 Å². The van der Waals surface area contributed by atoms with Crippen LogP contribution in [-0.2, 0) is 32.1 Å². The highest BCUT2D eigenvalue weighted by Crippen LogP contribution is 2.46. The molecule has 2 aliphatic carbocycles. The van der Waals surface area contributed by atoms with Crippen LogP contribution in [0.25, 0.3) is 0 Å². The lowest BCUT2D eigenvalue weighted by atomic mass is 9.75. The van der Waals surface area contributed by atoms with Gasteiger partial charge in [-0.25, -0.2) is 0 Å². The van der Waals surface area contributed by atoms with Gasteiger partial charge in [-0.15, -0.1) is 0 Å². The molecular weight excluding hydrogens is 232 g/mol. The van der Waals surface area contributed by atoms with Crippen LogP contribution in [0.2, 0.25) is 0 Å². The van der Waals surface area contributed by atoms with Crippen LogP contribution in [0.3, 0.4) is 0 Å². The van der Waals surface area contributed by atoms with Crippen molar-refractivity contribution in [3.05, 3.63) is 33.4 Å². The van der Waals surface area contributed by atoms with E-state index in [1.165, 1.54) is 36.8 Å². The third kappa shape index (κ3) is 2.12. The number of hydrogen-bond donors (Lipinski definition) is 1. The highest BCUT2D eigenvalue weighted by atomic mass is 16.3. The van der Waals surface area contributed by atoms with Gasteiger partial charge in [0, 0.05) is 6.42 Å². The lowest BCUT2D eigenvalue weighted by molar-refractivity contribution is 0.0804. The summed E-state index contributed by atoms with van der Waals surface area (Å²) in [4.78, 5) is 0. The molecular formula is C18H26O. The van der Waals surface area contributed by atoms with E-state index in [-0.39, 0.29) is 0 Å². The molecule has 104 valence electrons. The van der Waals surface area contributed by atoms with Gasteiger partial charge in [0.2, 0.25) is 0 Å². The van der Waals surface area contributed by atoms with E-state index in [4.69, 9.17) is 0 Å². The first-order valence-electron chi connectivity index (χ1n) is 7.55. The second-order valence-corrected chi connectivity index (χ2v) is 8.02. The first-order chi connectivity index (χ1) is 8.68. The topological polar surface area (TPSA) is 20.2 Å². The van der Waals surface area contributed by atoms with E-state index in [1.807, 2.05) is 13.8 Å². The summed E-state index contributed by atoms with van der Waals surface area (Å²) >= 11 is 0. The van der Waals surface area contributed by atoms with Gasteiger partial charge in [0.05, 0.1) is 5.60 Å². The molecule has 0 bridgehead atoms. The first kappa shape index (κ1) is 13.2. The molecule has 1 N–H and O–H groups in total. The Kier molecular flexibility index (Phi) is 2.67. The van der Waals surface area contributed by atoms with E-state index in [9.17, 15) is 5.11 Å². The smallest absolute Gasteiger partial charge is 0.0632 e. The van der Waals surface area contributed by atoms with Crippen LogP contribution in [-0.4, -0.2) is 10.7 Å². The Morgan fingerprint density at radius 2 is 1.58 bits per heavy atom. The highest BCUT2D eigenvalue weighted by Gasteiger charge is 2.36. The lowest BCUT2D eigenvalue weighted by Crippen LogP contribution is -2.26. The van der Waals surface area contributed by atoms with Crippen LogP contribution in [0.1, 0.15) is 61.1 Å². The molecule has 1 heteroatoms. The Hall–Kier alpha value is -0.820. The molecule has 0 fully saturated rings. The summed E-state index contributed by atoms with van der Waals surface area (Å²) in [5.74, 6) is 0. The van der Waals surface area contributed by atoms with Gasteiger partial charge in [-0.3, -0.25) is 0 Å². The van der Waals surface area contributed by atoms with E-state index in [0.717, 1.165) is 6.42 Å². The number of hydrogen-bond acceptors (Lipinski definition) is 1. The summed E-state index contributed by atoms with van der Waals surface area (Å²) < 4.78 is 0. The minimum atomic E-state index is -0.601. The van der Waals surface area contributed by atoms with Crippen molar-refractivity contribution in [1.82, 2.24) is 0 Å². The van der Waals surface area contributed by atoms with Crippen LogP contribution in [0.15, 0.2) is 0 Å². The molecule has 1 nitrogen and oxygen atoms in total. The Morgan fingerprint density at radius 1 is 1.00 bits per heavy atom. The zero-order chi connectivity index (χ0) is 14.0. The minimum Gasteiger partial charge on any atom is -0.390 e. The number of aliphatic hydroxyl groups is 1. The maximum atomic E-state index is 10.2. The second kappa shape index (κ2) is 3.85. The van der Waals surface area contributed by atoms with Gasteiger partial charge in [0.15, 0.2) is 0 Å². The third-order valence-corrected chi connectivity index (χ3v) is 4.91. The highest BCUT2D eigenvalue weighted by molar-refractivity contribution is 5.58. The second-order valence-electron chi connectivity index (χ2n) is 8.02. The van der Waals surface area contributed by atoms with E-state index in [1.54, 1.807) is 22.3 Å². The van der Waals surface area contributed by atoms with E-state index < -0.39 is 5.60 Å². The number of benzene rings is 1. The molecule has 19 heavy (non-hydrogen) atoms. The fourth-order valence-corrected chi connectivity index (χ4v) is 4.00. The molecule has 0 saturated heterocycles. The molecule has 0 amide bonds. The van der Waals surface area contributed by atoms with Crippen molar-refractivity contribution in [1.29, 1.82) is 0 Å². The van der Waals surface area contributed by atoms with Gasteiger partial charge in [0.1, 0.15) is 0 Å². The first-order valence-corrected chi connectivity index (χ1v) is 7.55. The molecule has 2 aliphatic rings. The van der Waals surface area contributed by atoms with E-state index >= 15 is 0 Å². The molecule has 0 atom stereocenters. The molecule has 0 heterocycles. The quantitative estimate of drug-likeness (QED) is 0.860. The Bertz CT molecular complexity index is 544. The monoisotopic (exact) mass is 258 g/mol. The van der Waals surface area contributed by atoms with Crippen molar-refractivity contribution in [2.24, 2.45) is 5.41 Å². The summed E-state index contributed by atoms with van der Waals surface area (Å²) in [7, 11) is 0. The lowest BCUT2D eigenvalue weighted by Gasteiger charge is -2.31. The molecule has 0 unspecified atom stereocenters. The molecule has 0 aromatic heterocycles. The summed E-state index contributed by atoms with van der Waals surface area (Å²) in [5.41, 5.74) is 9.19. The van der Waals surface area contributed by atoms with Gasteiger partial charge in [-0.05, 0) is 85.3 Å². The maximum Gasteiger partial charge on any atom is 0.0632 e. The summed E-state index contributed by atoms with van der Waals surface area (Å²) in [5, 5.41) is 10.2. The SMILES string of the molecule is Cc1c(CC(C)(C)O)c2c(c3c1CC(C)(C)C3)CC2. The zero-order valence-corrected chi connectivity index (χ0v) is 13.0. The Balaban J connectivity index is 2.13. The van der Waals surface area contributed by atoms with Crippen molar-refractivity contribution in [3.63, 3.8) is 0 Å². The van der Waals surface area contributed by atoms with Crippen LogP contribution in [0.5, 0.6) is 0 Å². The van der Waals surface area contributed by atoms with E-state index in [0.29, 0.717) is 5.41 Å². The van der Waals surface area contributed by atoms with E-state index in [2.05, 4.69) is 20.8 Å². The fourth-order valence-electron chi connectivity index (χ4n) is 4.00. The minimum absolute atomic E-state index is 0.420. The number of fused-ring (bicyclic) bond motifs is 3. The van der Waals surface area contributed by atoms with Crippen LogP contribution in [0.4, 0.5) is 0 Å². The summed E-state index contributed by atoms with van der Waals surface area (Å²) in [6.07, 6.45) is 5.73. The summed E-state index contributed by atoms with van der Waals surface area (Å²) in [6, 6.07) is 0. The molecule has 1 aromatic carbocycles. The van der Waals surface area contributed by atoms with Gasteiger partial charge in [-0.2, -0.15) is 0 Å². The zero-order valence-electron chi connectivity index (χ0n) is 13.0. The molecule has 0 spiro atoms. The average molecular weight is 258 g/mol. The van der Waals surface area contributed by atoms with Crippen LogP contribution in [0, 0.1) is 12.3 Å². The predicted molar refractivity (Wildman–Crippen MR) is 79.8 cm³/mol.